The number of nitrogens with zero attached hydrogens (tertiary/aromatic N) is 1. The summed E-state index contributed by atoms with van der Waals surface area (Å²) in [5.41, 5.74) is 3.77. The Morgan fingerprint density at radius 3 is 2.59 bits per heavy atom. The second kappa shape index (κ2) is 8.65. The van der Waals surface area contributed by atoms with Crippen LogP contribution < -0.4 is 32.7 Å². The first kappa shape index (κ1) is 19.7. The molecule has 144 valence electrons. The Morgan fingerprint density at radius 1 is 1.22 bits per heavy atom. The third kappa shape index (κ3) is 5.17. The largest absolute Gasteiger partial charge is 0.548 e. The highest BCUT2D eigenvalue weighted by Gasteiger charge is 2.16. The summed E-state index contributed by atoms with van der Waals surface area (Å²) in [4.78, 5) is 60.7. The van der Waals surface area contributed by atoms with E-state index in [4.69, 9.17) is 5.73 Å². The molecule has 0 bridgehead atoms. The number of carboxylic acid groups (broad SMARTS) is 1. The number of aromatic nitrogens is 2. The molecular weight excluding hydrogens is 358 g/mol. The summed E-state index contributed by atoms with van der Waals surface area (Å²) in [6.45, 7) is -0.527. The Hall–Kier alpha value is -3.63. The van der Waals surface area contributed by atoms with Crippen molar-refractivity contribution in [1.29, 1.82) is 0 Å². The number of carbonyl (C=O) groups is 3. The minimum absolute atomic E-state index is 0.0304. The smallest absolute Gasteiger partial charge is 0.329 e. The Bertz CT molecular complexity index is 979. The standard InChI is InChI=1S/C16H19N5O6/c17-15(26)18-7-3-6-11(14(24)25)19-12(22)8-21-13(23)9-4-1-2-5-10(9)20-16(21)27/h1-2,4-5,11H,3,6-8H2,(H,19,22)(H,20,27)(H,24,25)(H3,17,18,26)/p-1/t11-/m0/s1. The van der Waals surface area contributed by atoms with Gasteiger partial charge in [0.2, 0.25) is 5.91 Å². The van der Waals surface area contributed by atoms with Crippen LogP contribution in [-0.4, -0.2) is 40.0 Å². The van der Waals surface area contributed by atoms with Crippen LogP contribution in [0.2, 0.25) is 0 Å². The molecular formula is C16H18N5O6-. The third-order valence-electron chi connectivity index (χ3n) is 3.78. The van der Waals surface area contributed by atoms with Crippen molar-refractivity contribution in [2.45, 2.75) is 25.4 Å². The molecule has 0 unspecified atom stereocenters. The molecule has 1 heterocycles. The van der Waals surface area contributed by atoms with Gasteiger partial charge < -0.3 is 31.3 Å². The molecule has 11 nitrogen and oxygen atoms in total. The molecule has 0 aliphatic rings. The fourth-order valence-electron chi connectivity index (χ4n) is 2.49. The first-order valence-electron chi connectivity index (χ1n) is 8.05. The number of carboxylic acids is 1. The van der Waals surface area contributed by atoms with Crippen LogP contribution in [0.3, 0.4) is 0 Å². The second-order valence-corrected chi connectivity index (χ2v) is 5.74. The van der Waals surface area contributed by atoms with Crippen LogP contribution in [0, 0.1) is 0 Å². The number of primary amides is 1. The molecule has 1 atom stereocenters. The minimum Gasteiger partial charge on any atom is -0.548 e. The van der Waals surface area contributed by atoms with Crippen LogP contribution >= 0.6 is 0 Å². The fraction of sp³-hybridized carbons (Fsp3) is 0.312. The van der Waals surface area contributed by atoms with Gasteiger partial charge in [-0.2, -0.15) is 0 Å². The lowest BCUT2D eigenvalue weighted by atomic mass is 10.1. The molecule has 0 spiro atoms. The van der Waals surface area contributed by atoms with E-state index >= 15 is 0 Å². The van der Waals surface area contributed by atoms with Gasteiger partial charge in [-0.1, -0.05) is 12.1 Å². The lowest BCUT2D eigenvalue weighted by Crippen LogP contribution is -2.50. The van der Waals surface area contributed by atoms with E-state index in [2.05, 4.69) is 15.6 Å². The number of aromatic amines is 1. The van der Waals surface area contributed by atoms with Gasteiger partial charge in [-0.15, -0.1) is 0 Å². The molecule has 27 heavy (non-hydrogen) atoms. The van der Waals surface area contributed by atoms with Crippen LogP contribution in [0.15, 0.2) is 33.9 Å². The number of para-hydroxylation sites is 1. The normalized spacial score (nSPS) is 11.7. The molecule has 11 heteroatoms. The van der Waals surface area contributed by atoms with Crippen LogP contribution in [0.4, 0.5) is 4.79 Å². The number of benzene rings is 1. The topological polar surface area (TPSA) is 179 Å². The molecule has 0 saturated carbocycles. The van der Waals surface area contributed by atoms with E-state index in [9.17, 15) is 29.1 Å². The Morgan fingerprint density at radius 2 is 1.93 bits per heavy atom. The van der Waals surface area contributed by atoms with E-state index in [-0.39, 0.29) is 24.8 Å². The molecule has 0 aliphatic carbocycles. The van der Waals surface area contributed by atoms with Gasteiger partial charge in [0.05, 0.1) is 22.9 Å². The molecule has 0 fully saturated rings. The number of amides is 3. The van der Waals surface area contributed by atoms with E-state index in [1.165, 1.54) is 6.07 Å². The van der Waals surface area contributed by atoms with Gasteiger partial charge in [0.25, 0.3) is 5.56 Å². The van der Waals surface area contributed by atoms with Gasteiger partial charge in [-0.3, -0.25) is 14.2 Å². The lowest BCUT2D eigenvalue weighted by molar-refractivity contribution is -0.308. The number of H-pyrrole nitrogens is 1. The number of rotatable bonds is 8. The maximum atomic E-state index is 12.4. The summed E-state index contributed by atoms with van der Waals surface area (Å²) < 4.78 is 0.679. The predicted octanol–water partition coefficient (Wildman–Crippen LogP) is -2.63. The van der Waals surface area contributed by atoms with Gasteiger partial charge in [0.15, 0.2) is 0 Å². The molecule has 2 aromatic rings. The zero-order valence-electron chi connectivity index (χ0n) is 14.2. The van der Waals surface area contributed by atoms with Crippen LogP contribution in [0.5, 0.6) is 0 Å². The van der Waals surface area contributed by atoms with Gasteiger partial charge in [-0.25, -0.2) is 9.59 Å². The predicted molar refractivity (Wildman–Crippen MR) is 92.6 cm³/mol. The molecule has 1 aromatic heterocycles. The summed E-state index contributed by atoms with van der Waals surface area (Å²) in [6.07, 6.45) is 0.190. The monoisotopic (exact) mass is 376 g/mol. The van der Waals surface area contributed by atoms with Crippen molar-refractivity contribution < 1.29 is 19.5 Å². The highest BCUT2D eigenvalue weighted by Crippen LogP contribution is 2.03. The second-order valence-electron chi connectivity index (χ2n) is 5.74. The third-order valence-corrected chi connectivity index (χ3v) is 3.78. The van der Waals surface area contributed by atoms with E-state index in [0.29, 0.717) is 10.1 Å². The first-order chi connectivity index (χ1) is 12.8. The maximum Gasteiger partial charge on any atom is 0.329 e. The number of carbonyl (C=O) groups excluding carboxylic acids is 3. The van der Waals surface area contributed by atoms with Crippen LogP contribution in [-0.2, 0) is 16.1 Å². The number of nitrogens with one attached hydrogen (secondary N) is 3. The van der Waals surface area contributed by atoms with Gasteiger partial charge in [-0.05, 0) is 25.0 Å². The number of aliphatic carboxylic acids is 1. The van der Waals surface area contributed by atoms with Crippen molar-refractivity contribution in [3.8, 4) is 0 Å². The lowest BCUT2D eigenvalue weighted by Gasteiger charge is -2.20. The quantitative estimate of drug-likeness (QED) is 0.366. The number of hydrogen-bond donors (Lipinski definition) is 4. The molecule has 2 rings (SSSR count). The SMILES string of the molecule is NC(=O)NCCC[C@H](NC(=O)Cn1c(=O)[nH]c2ccccc2c1=O)C(=O)[O-]. The summed E-state index contributed by atoms with van der Waals surface area (Å²) in [6, 6.07) is 4.21. The van der Waals surface area contributed by atoms with Gasteiger partial charge >= 0.3 is 11.7 Å². The van der Waals surface area contributed by atoms with E-state index in [1.807, 2.05) is 0 Å². The van der Waals surface area contributed by atoms with Gasteiger partial charge in [0.1, 0.15) is 6.54 Å². The Balaban J connectivity index is 2.08. The van der Waals surface area contributed by atoms with Crippen molar-refractivity contribution in [1.82, 2.24) is 20.2 Å². The summed E-state index contributed by atoms with van der Waals surface area (Å²) in [7, 11) is 0. The minimum atomic E-state index is -1.53. The highest BCUT2D eigenvalue weighted by atomic mass is 16.4. The van der Waals surface area contributed by atoms with Crippen molar-refractivity contribution in [3.05, 3.63) is 45.1 Å². The molecule has 0 saturated heterocycles. The van der Waals surface area contributed by atoms with Crippen molar-refractivity contribution in [3.63, 3.8) is 0 Å². The van der Waals surface area contributed by atoms with Crippen molar-refractivity contribution in [2.75, 3.05) is 6.54 Å². The highest BCUT2D eigenvalue weighted by molar-refractivity contribution is 5.83. The molecule has 3 amide bonds. The Kier molecular flexibility index (Phi) is 6.31. The summed E-state index contributed by atoms with van der Waals surface area (Å²) in [5, 5.41) is 15.9. The zero-order chi connectivity index (χ0) is 20.0. The van der Waals surface area contributed by atoms with Crippen molar-refractivity contribution >= 4 is 28.8 Å². The van der Waals surface area contributed by atoms with Crippen LogP contribution in [0.25, 0.3) is 10.9 Å². The fourth-order valence-corrected chi connectivity index (χ4v) is 2.49. The number of fused-ring (bicyclic) bond motifs is 1. The summed E-state index contributed by atoms with van der Waals surface area (Å²) >= 11 is 0. The molecule has 0 radical (unpaired) electrons. The van der Waals surface area contributed by atoms with Gasteiger partial charge in [0, 0.05) is 6.54 Å². The van der Waals surface area contributed by atoms with E-state index in [0.717, 1.165) is 0 Å². The summed E-state index contributed by atoms with van der Waals surface area (Å²) in [5.74, 6) is -2.36. The van der Waals surface area contributed by atoms with Crippen LogP contribution in [0.1, 0.15) is 12.8 Å². The molecule has 5 N–H and O–H groups in total. The first-order valence-corrected chi connectivity index (χ1v) is 8.05. The number of nitrogens with two attached hydrogens (primary N) is 1. The molecule has 1 aromatic carbocycles. The van der Waals surface area contributed by atoms with E-state index in [1.54, 1.807) is 18.2 Å². The number of hydrogen-bond acceptors (Lipinski definition) is 6. The number of urea groups is 1. The average Bonchev–Trinajstić information content (AvgIpc) is 2.60. The average molecular weight is 376 g/mol. The molecule has 0 aliphatic heterocycles. The maximum absolute atomic E-state index is 12.4. The van der Waals surface area contributed by atoms with Crippen molar-refractivity contribution in [2.24, 2.45) is 5.73 Å². The zero-order valence-corrected chi connectivity index (χ0v) is 14.2. The van der Waals surface area contributed by atoms with E-state index < -0.39 is 41.7 Å². The Labute approximate surface area is 152 Å².